The first-order valence-electron chi connectivity index (χ1n) is 12.1. The van der Waals surface area contributed by atoms with Crippen LogP contribution in [0.1, 0.15) is 39.2 Å². The van der Waals surface area contributed by atoms with Crippen molar-refractivity contribution in [2.24, 2.45) is 5.92 Å². The minimum absolute atomic E-state index is 0.0902. The van der Waals surface area contributed by atoms with E-state index in [0.29, 0.717) is 0 Å². The number of ether oxygens (including phenoxy) is 2. The molecule has 13 nitrogen and oxygen atoms in total. The van der Waals surface area contributed by atoms with Crippen molar-refractivity contribution in [1.82, 2.24) is 21.3 Å². The van der Waals surface area contributed by atoms with Crippen LogP contribution in [0, 0.1) is 5.92 Å². The first kappa shape index (κ1) is 32.4. The molecule has 0 radical (unpaired) electrons. The smallest absolute Gasteiger partial charge is 0.469 e. The fraction of sp³-hybridized carbons (Fsp3) is 0.542. The molecule has 0 aromatic heterocycles. The van der Waals surface area contributed by atoms with Gasteiger partial charge in [-0.2, -0.15) is 0 Å². The van der Waals surface area contributed by atoms with Crippen LogP contribution in [0.4, 0.5) is 4.79 Å². The lowest BCUT2D eigenvalue weighted by atomic mass is 9.76. The van der Waals surface area contributed by atoms with E-state index in [1.165, 1.54) is 21.1 Å². The van der Waals surface area contributed by atoms with Crippen LogP contribution in [-0.2, 0) is 35.1 Å². The van der Waals surface area contributed by atoms with Gasteiger partial charge in [0.15, 0.2) is 0 Å². The van der Waals surface area contributed by atoms with Gasteiger partial charge in [0.05, 0.1) is 20.2 Å². The SMILES string of the molecule is COC(=O)CCC(NC(=O)[C@H](C)NC(=O)C(Cc1ccccc1)NC(=O)[C@@H](NC(=O)OC)C(C)C)B(O)O. The zero-order valence-corrected chi connectivity index (χ0v) is 22.2. The standard InChI is InChI=1S/C24H37BN4O9/c1-14(2)20(29-24(34)38-5)23(33)27-17(13-16-9-7-6-8-10-16)22(32)26-15(3)21(31)28-18(25(35)36)11-12-19(30)37-4/h6-10,14-15,17-18,20,35-36H,11-13H2,1-5H3,(H,26,32)(H,27,33)(H,28,31)(H,29,34)/t15-,17?,18?,20-/m0/s1. The van der Waals surface area contributed by atoms with Crippen LogP contribution in [0.5, 0.6) is 0 Å². The molecule has 0 aliphatic carbocycles. The second kappa shape index (κ2) is 16.2. The molecule has 4 amide bonds. The monoisotopic (exact) mass is 536 g/mol. The van der Waals surface area contributed by atoms with Gasteiger partial charge in [-0.05, 0) is 24.8 Å². The van der Waals surface area contributed by atoms with Gasteiger partial charge in [-0.15, -0.1) is 0 Å². The summed E-state index contributed by atoms with van der Waals surface area (Å²) in [6, 6.07) is 5.64. The van der Waals surface area contributed by atoms with E-state index in [9.17, 15) is 34.0 Å². The van der Waals surface area contributed by atoms with Crippen LogP contribution in [-0.4, -0.2) is 85.2 Å². The van der Waals surface area contributed by atoms with Gasteiger partial charge in [0.1, 0.15) is 18.1 Å². The van der Waals surface area contributed by atoms with E-state index in [1.807, 2.05) is 0 Å². The molecule has 0 saturated heterocycles. The average Bonchev–Trinajstić information content (AvgIpc) is 2.88. The summed E-state index contributed by atoms with van der Waals surface area (Å²) < 4.78 is 9.09. The Bertz CT molecular complexity index is 946. The van der Waals surface area contributed by atoms with Crippen molar-refractivity contribution in [2.75, 3.05) is 14.2 Å². The molecule has 0 heterocycles. The van der Waals surface area contributed by atoms with Gasteiger partial charge in [-0.3, -0.25) is 19.2 Å². The maximum atomic E-state index is 13.2. The van der Waals surface area contributed by atoms with Crippen LogP contribution < -0.4 is 21.3 Å². The summed E-state index contributed by atoms with van der Waals surface area (Å²) in [5, 5.41) is 29.1. The molecule has 14 heteroatoms. The first-order chi connectivity index (χ1) is 17.9. The Labute approximate surface area is 222 Å². The van der Waals surface area contributed by atoms with Gasteiger partial charge in [0.2, 0.25) is 17.7 Å². The molecule has 1 rings (SSSR count). The number of amides is 4. The minimum atomic E-state index is -1.95. The van der Waals surface area contributed by atoms with Crippen molar-refractivity contribution < 1.29 is 43.5 Å². The zero-order valence-electron chi connectivity index (χ0n) is 22.2. The Morgan fingerprint density at radius 1 is 0.842 bits per heavy atom. The topological polar surface area (TPSA) is 192 Å². The lowest BCUT2D eigenvalue weighted by molar-refractivity contribution is -0.141. The highest BCUT2D eigenvalue weighted by Crippen LogP contribution is 2.08. The number of alkyl carbamates (subject to hydrolysis) is 1. The van der Waals surface area contributed by atoms with Crippen molar-refractivity contribution in [1.29, 1.82) is 0 Å². The van der Waals surface area contributed by atoms with Crippen molar-refractivity contribution in [3.8, 4) is 0 Å². The summed E-state index contributed by atoms with van der Waals surface area (Å²) in [7, 11) is 0.396. The van der Waals surface area contributed by atoms with Gasteiger partial charge in [0, 0.05) is 12.8 Å². The molecule has 1 aromatic carbocycles. The Hall–Kier alpha value is -3.65. The molecule has 38 heavy (non-hydrogen) atoms. The Morgan fingerprint density at radius 2 is 1.47 bits per heavy atom. The molecule has 1 aromatic rings. The van der Waals surface area contributed by atoms with E-state index in [4.69, 9.17) is 0 Å². The number of hydrogen-bond acceptors (Lipinski definition) is 9. The van der Waals surface area contributed by atoms with Crippen LogP contribution in [0.2, 0.25) is 0 Å². The summed E-state index contributed by atoms with van der Waals surface area (Å²) in [4.78, 5) is 61.9. The number of esters is 1. The maximum absolute atomic E-state index is 13.2. The number of nitrogens with one attached hydrogen (secondary N) is 4. The van der Waals surface area contributed by atoms with E-state index in [1.54, 1.807) is 44.2 Å². The molecule has 0 aliphatic heterocycles. The average molecular weight is 536 g/mol. The predicted octanol–water partition coefficient (Wildman–Crippen LogP) is -0.951. The summed E-state index contributed by atoms with van der Waals surface area (Å²) in [5.41, 5.74) is 0.735. The zero-order chi connectivity index (χ0) is 28.8. The molecule has 0 bridgehead atoms. The van der Waals surface area contributed by atoms with E-state index >= 15 is 0 Å². The minimum Gasteiger partial charge on any atom is -0.469 e. The summed E-state index contributed by atoms with van der Waals surface area (Å²) in [6.07, 6.45) is -0.983. The largest absolute Gasteiger partial charge is 0.475 e. The Balaban J connectivity index is 2.99. The second-order valence-corrected chi connectivity index (χ2v) is 8.98. The highest BCUT2D eigenvalue weighted by Gasteiger charge is 2.32. The molecule has 0 saturated carbocycles. The molecule has 4 atom stereocenters. The van der Waals surface area contributed by atoms with E-state index < -0.39 is 61.0 Å². The van der Waals surface area contributed by atoms with Gasteiger partial charge in [-0.25, -0.2) is 4.79 Å². The molecular formula is C24H37BN4O9. The molecular weight excluding hydrogens is 499 g/mol. The van der Waals surface area contributed by atoms with Crippen LogP contribution in [0.15, 0.2) is 30.3 Å². The molecule has 210 valence electrons. The molecule has 0 aliphatic rings. The molecule has 0 spiro atoms. The lowest BCUT2D eigenvalue weighted by Crippen LogP contribution is -2.58. The number of benzene rings is 1. The Kier molecular flexibility index (Phi) is 13.8. The summed E-state index contributed by atoms with van der Waals surface area (Å²) in [5.74, 6) is -4.14. The number of methoxy groups -OCH3 is 2. The molecule has 2 unspecified atom stereocenters. The third-order valence-corrected chi connectivity index (χ3v) is 5.65. The maximum Gasteiger partial charge on any atom is 0.475 e. The lowest BCUT2D eigenvalue weighted by Gasteiger charge is -2.26. The highest BCUT2D eigenvalue weighted by atomic mass is 16.5. The van der Waals surface area contributed by atoms with Crippen LogP contribution in [0.25, 0.3) is 0 Å². The van der Waals surface area contributed by atoms with Gasteiger partial charge < -0.3 is 40.8 Å². The summed E-state index contributed by atoms with van der Waals surface area (Å²) >= 11 is 0. The van der Waals surface area contributed by atoms with Gasteiger partial charge in [-0.1, -0.05) is 44.2 Å². The normalized spacial score (nSPS) is 13.8. The number of carbonyl (C=O) groups is 5. The Morgan fingerprint density at radius 3 is 2.00 bits per heavy atom. The van der Waals surface area contributed by atoms with Crippen molar-refractivity contribution in [3.05, 3.63) is 35.9 Å². The van der Waals surface area contributed by atoms with Crippen molar-refractivity contribution in [3.63, 3.8) is 0 Å². The summed E-state index contributed by atoms with van der Waals surface area (Å²) in [6.45, 7) is 4.81. The fourth-order valence-electron chi connectivity index (χ4n) is 3.40. The quantitative estimate of drug-likeness (QED) is 0.128. The number of carbonyl (C=O) groups excluding carboxylic acids is 5. The molecule has 0 fully saturated rings. The van der Waals surface area contributed by atoms with E-state index in [2.05, 4.69) is 30.7 Å². The van der Waals surface area contributed by atoms with Crippen molar-refractivity contribution in [2.45, 2.75) is 64.1 Å². The van der Waals surface area contributed by atoms with E-state index in [0.717, 1.165) is 5.56 Å². The molecule has 6 N–H and O–H groups in total. The number of rotatable bonds is 14. The second-order valence-electron chi connectivity index (χ2n) is 8.98. The van der Waals surface area contributed by atoms with Crippen molar-refractivity contribution >= 4 is 36.9 Å². The van der Waals surface area contributed by atoms with Gasteiger partial charge >= 0.3 is 19.2 Å². The first-order valence-corrected chi connectivity index (χ1v) is 12.1. The van der Waals surface area contributed by atoms with Crippen LogP contribution >= 0.6 is 0 Å². The number of hydrogen-bond donors (Lipinski definition) is 6. The third kappa shape index (κ3) is 11.2. The van der Waals surface area contributed by atoms with Gasteiger partial charge in [0.25, 0.3) is 0 Å². The van der Waals surface area contributed by atoms with E-state index in [-0.39, 0.29) is 25.2 Å². The van der Waals surface area contributed by atoms with Crippen LogP contribution in [0.3, 0.4) is 0 Å². The fourth-order valence-corrected chi connectivity index (χ4v) is 3.40. The highest BCUT2D eigenvalue weighted by molar-refractivity contribution is 6.43. The predicted molar refractivity (Wildman–Crippen MR) is 137 cm³/mol. The third-order valence-electron chi connectivity index (χ3n) is 5.65.